The molecule has 27 heavy (non-hydrogen) atoms. The van der Waals surface area contributed by atoms with Gasteiger partial charge < -0.3 is 13.9 Å². The molecule has 2 aromatic carbocycles. The van der Waals surface area contributed by atoms with Gasteiger partial charge in [-0.2, -0.15) is 0 Å². The van der Waals surface area contributed by atoms with Crippen molar-refractivity contribution in [2.75, 3.05) is 7.11 Å². The quantitative estimate of drug-likeness (QED) is 0.350. The molecule has 0 spiro atoms. The number of benzene rings is 2. The highest BCUT2D eigenvalue weighted by Crippen LogP contribution is 2.33. The molecule has 0 fully saturated rings. The number of fused-ring (bicyclic) bond motifs is 1. The molecule has 3 aromatic rings. The Hall–Kier alpha value is -3.06. The lowest BCUT2D eigenvalue weighted by Gasteiger charge is -2.12. The predicted molar refractivity (Wildman–Crippen MR) is 101 cm³/mol. The molecular formula is C19H16ClNO6. The van der Waals surface area contributed by atoms with Gasteiger partial charge in [0.1, 0.15) is 23.7 Å². The molecule has 8 heteroatoms. The Labute approximate surface area is 159 Å². The maximum absolute atomic E-state index is 11.7. The molecule has 140 valence electrons. The van der Waals surface area contributed by atoms with Crippen molar-refractivity contribution in [3.8, 4) is 11.5 Å². The number of hydrogen-bond donors (Lipinski definition) is 0. The molecule has 7 nitrogen and oxygen atoms in total. The molecule has 1 heterocycles. The van der Waals surface area contributed by atoms with E-state index in [1.165, 1.54) is 31.4 Å². The van der Waals surface area contributed by atoms with Gasteiger partial charge in [0.15, 0.2) is 0 Å². The molecule has 0 amide bonds. The van der Waals surface area contributed by atoms with Gasteiger partial charge in [0.2, 0.25) is 0 Å². The molecule has 0 saturated heterocycles. The molecule has 0 aliphatic carbocycles. The average Bonchev–Trinajstić information content (AvgIpc) is 2.65. The number of nitro benzene ring substituents is 1. The van der Waals surface area contributed by atoms with Crippen LogP contribution in [0.15, 0.2) is 45.6 Å². The van der Waals surface area contributed by atoms with Crippen LogP contribution in [0.1, 0.15) is 18.1 Å². The summed E-state index contributed by atoms with van der Waals surface area (Å²) in [5, 5.41) is 12.1. The Bertz CT molecular complexity index is 1080. The summed E-state index contributed by atoms with van der Waals surface area (Å²) in [6.07, 6.45) is 0.656. The number of halogens is 1. The molecule has 0 saturated carbocycles. The van der Waals surface area contributed by atoms with Crippen LogP contribution in [0.25, 0.3) is 11.0 Å². The van der Waals surface area contributed by atoms with Crippen LogP contribution in [-0.4, -0.2) is 12.0 Å². The number of ether oxygens (including phenoxy) is 2. The van der Waals surface area contributed by atoms with Crippen molar-refractivity contribution in [1.29, 1.82) is 0 Å². The van der Waals surface area contributed by atoms with Gasteiger partial charge in [-0.15, -0.1) is 0 Å². The first-order valence-corrected chi connectivity index (χ1v) is 8.51. The van der Waals surface area contributed by atoms with Gasteiger partial charge >= 0.3 is 5.63 Å². The zero-order valence-electron chi connectivity index (χ0n) is 14.7. The predicted octanol–water partition coefficient (Wildman–Crippen LogP) is 4.50. The fraction of sp³-hybridized carbons (Fsp3) is 0.211. The van der Waals surface area contributed by atoms with Crippen LogP contribution in [0.3, 0.4) is 0 Å². The summed E-state index contributed by atoms with van der Waals surface area (Å²) < 4.78 is 16.2. The number of methoxy groups -OCH3 is 1. The summed E-state index contributed by atoms with van der Waals surface area (Å²) in [6.45, 7) is 1.93. The molecule has 0 radical (unpaired) electrons. The van der Waals surface area contributed by atoms with E-state index in [1.807, 2.05) is 6.92 Å². The first kappa shape index (κ1) is 18.7. The van der Waals surface area contributed by atoms with Crippen molar-refractivity contribution < 1.29 is 18.8 Å². The van der Waals surface area contributed by atoms with Crippen LogP contribution in [-0.2, 0) is 13.0 Å². The third-order valence-corrected chi connectivity index (χ3v) is 4.42. The third kappa shape index (κ3) is 3.88. The highest BCUT2D eigenvalue weighted by molar-refractivity contribution is 6.32. The fourth-order valence-corrected chi connectivity index (χ4v) is 3.00. The SMILES string of the molecule is CCc1cc(=O)oc2cc(OCc3cc([N+](=O)[O-])ccc3OC)c(Cl)cc12. The van der Waals surface area contributed by atoms with Gasteiger partial charge in [-0.1, -0.05) is 18.5 Å². The second-order valence-corrected chi connectivity index (χ2v) is 6.17. The second kappa shape index (κ2) is 7.67. The van der Waals surface area contributed by atoms with Crippen molar-refractivity contribution in [1.82, 2.24) is 0 Å². The molecule has 0 atom stereocenters. The smallest absolute Gasteiger partial charge is 0.336 e. The van der Waals surface area contributed by atoms with Crippen molar-refractivity contribution >= 4 is 28.3 Å². The third-order valence-electron chi connectivity index (χ3n) is 4.12. The van der Waals surface area contributed by atoms with Gasteiger partial charge in [-0.25, -0.2) is 4.79 Å². The molecule has 3 rings (SSSR count). The lowest BCUT2D eigenvalue weighted by molar-refractivity contribution is -0.385. The summed E-state index contributed by atoms with van der Waals surface area (Å²) in [6, 6.07) is 8.90. The summed E-state index contributed by atoms with van der Waals surface area (Å²) in [5.74, 6) is 0.756. The van der Waals surface area contributed by atoms with Crippen LogP contribution in [0.4, 0.5) is 5.69 Å². The Kier molecular flexibility index (Phi) is 5.32. The maximum atomic E-state index is 11.7. The molecule has 0 unspecified atom stereocenters. The van der Waals surface area contributed by atoms with Gasteiger partial charge in [0.05, 0.1) is 17.1 Å². The van der Waals surface area contributed by atoms with E-state index in [2.05, 4.69) is 0 Å². The average molecular weight is 390 g/mol. The normalized spacial score (nSPS) is 10.8. The van der Waals surface area contributed by atoms with Crippen molar-refractivity contribution in [2.24, 2.45) is 0 Å². The Morgan fingerprint density at radius 1 is 1.15 bits per heavy atom. The van der Waals surface area contributed by atoms with Gasteiger partial charge in [-0.05, 0) is 24.1 Å². The molecule has 0 bridgehead atoms. The zero-order valence-corrected chi connectivity index (χ0v) is 15.4. The highest BCUT2D eigenvalue weighted by Gasteiger charge is 2.14. The molecule has 0 aliphatic rings. The van der Waals surface area contributed by atoms with Crippen LogP contribution >= 0.6 is 11.6 Å². The summed E-state index contributed by atoms with van der Waals surface area (Å²) in [7, 11) is 1.47. The monoisotopic (exact) mass is 389 g/mol. The minimum Gasteiger partial charge on any atom is -0.496 e. The Balaban J connectivity index is 1.96. The Morgan fingerprint density at radius 2 is 1.93 bits per heavy atom. The van der Waals surface area contributed by atoms with E-state index in [4.69, 9.17) is 25.5 Å². The lowest BCUT2D eigenvalue weighted by atomic mass is 10.1. The van der Waals surface area contributed by atoms with Crippen molar-refractivity contribution in [3.05, 3.63) is 73.1 Å². The zero-order chi connectivity index (χ0) is 19.6. The van der Waals surface area contributed by atoms with E-state index in [0.717, 1.165) is 10.9 Å². The summed E-state index contributed by atoms with van der Waals surface area (Å²) in [5.41, 5.74) is 1.16. The van der Waals surface area contributed by atoms with Crippen LogP contribution < -0.4 is 15.1 Å². The number of rotatable bonds is 6. The Morgan fingerprint density at radius 3 is 2.59 bits per heavy atom. The number of non-ortho nitro benzene ring substituents is 1. The molecule has 0 N–H and O–H groups in total. The van der Waals surface area contributed by atoms with Gasteiger partial charge in [-0.3, -0.25) is 10.1 Å². The first-order chi connectivity index (χ1) is 12.9. The topological polar surface area (TPSA) is 91.8 Å². The minimum atomic E-state index is -0.493. The number of nitrogens with zero attached hydrogens (tertiary/aromatic N) is 1. The van der Waals surface area contributed by atoms with E-state index in [9.17, 15) is 14.9 Å². The molecule has 0 aliphatic heterocycles. The minimum absolute atomic E-state index is 0.00617. The van der Waals surface area contributed by atoms with E-state index < -0.39 is 10.5 Å². The van der Waals surface area contributed by atoms with E-state index in [0.29, 0.717) is 34.1 Å². The van der Waals surface area contributed by atoms with Crippen LogP contribution in [0.2, 0.25) is 5.02 Å². The molecule has 1 aromatic heterocycles. The van der Waals surface area contributed by atoms with E-state index in [1.54, 1.807) is 12.1 Å². The van der Waals surface area contributed by atoms with Crippen molar-refractivity contribution in [2.45, 2.75) is 20.0 Å². The highest BCUT2D eigenvalue weighted by atomic mass is 35.5. The number of hydrogen-bond acceptors (Lipinski definition) is 6. The molecular weight excluding hydrogens is 374 g/mol. The van der Waals surface area contributed by atoms with Crippen LogP contribution in [0.5, 0.6) is 11.5 Å². The van der Waals surface area contributed by atoms with E-state index >= 15 is 0 Å². The van der Waals surface area contributed by atoms with Crippen LogP contribution in [0, 0.1) is 10.1 Å². The largest absolute Gasteiger partial charge is 0.496 e. The fourth-order valence-electron chi connectivity index (χ4n) is 2.78. The maximum Gasteiger partial charge on any atom is 0.336 e. The summed E-state index contributed by atoms with van der Waals surface area (Å²) >= 11 is 6.31. The van der Waals surface area contributed by atoms with Crippen molar-refractivity contribution in [3.63, 3.8) is 0 Å². The number of aryl methyl sites for hydroxylation is 1. The van der Waals surface area contributed by atoms with E-state index in [-0.39, 0.29) is 12.3 Å². The standard InChI is InChI=1S/C19H16ClNO6/c1-3-11-7-19(22)27-17-9-18(15(20)8-14(11)17)26-10-12-6-13(21(23)24)4-5-16(12)25-2/h4-9H,3,10H2,1-2H3. The van der Waals surface area contributed by atoms with Gasteiger partial charge in [0.25, 0.3) is 5.69 Å². The second-order valence-electron chi connectivity index (χ2n) is 5.76. The number of nitro groups is 1. The lowest BCUT2D eigenvalue weighted by Crippen LogP contribution is -2.02. The van der Waals surface area contributed by atoms with Gasteiger partial charge in [0, 0.05) is 35.2 Å². The summed E-state index contributed by atoms with van der Waals surface area (Å²) in [4.78, 5) is 22.2. The first-order valence-electron chi connectivity index (χ1n) is 8.13.